The summed E-state index contributed by atoms with van der Waals surface area (Å²) in [6.45, 7) is 1.24. The number of anilines is 1. The second-order valence-electron chi connectivity index (χ2n) is 4.73. The topological polar surface area (TPSA) is 43.8 Å². The molecule has 0 unspecified atom stereocenters. The summed E-state index contributed by atoms with van der Waals surface area (Å²) in [5, 5.41) is 3.90. The van der Waals surface area contributed by atoms with Gasteiger partial charge in [0.15, 0.2) is 0 Å². The zero-order valence-corrected chi connectivity index (χ0v) is 12.5. The van der Waals surface area contributed by atoms with Gasteiger partial charge in [0, 0.05) is 6.20 Å². The van der Waals surface area contributed by atoms with E-state index in [1.54, 1.807) is 6.92 Å². The summed E-state index contributed by atoms with van der Waals surface area (Å²) in [5.41, 5.74) is 3.27. The van der Waals surface area contributed by atoms with Crippen molar-refractivity contribution < 1.29 is 26.3 Å². The Kier molecular flexibility index (Phi) is 5.25. The average molecular weight is 360 g/mol. The second kappa shape index (κ2) is 6.31. The highest BCUT2D eigenvalue weighted by Crippen LogP contribution is 2.37. The van der Waals surface area contributed by atoms with E-state index in [-0.39, 0.29) is 30.6 Å². The first-order valence-electron chi connectivity index (χ1n) is 6.05. The molecule has 1 aromatic carbocycles. The summed E-state index contributed by atoms with van der Waals surface area (Å²) in [5.74, 6) is 0. The lowest BCUT2D eigenvalue weighted by atomic mass is 10.0. The largest absolute Gasteiger partial charge is 0.416 e. The Morgan fingerprint density at radius 1 is 1.09 bits per heavy atom. The summed E-state index contributed by atoms with van der Waals surface area (Å²) < 4.78 is 77.8. The van der Waals surface area contributed by atoms with Crippen LogP contribution >= 0.6 is 12.4 Å². The Morgan fingerprint density at radius 3 is 2.13 bits per heavy atom. The van der Waals surface area contributed by atoms with Gasteiger partial charge < -0.3 is 5.73 Å². The lowest BCUT2D eigenvalue weighted by Gasteiger charge is -2.16. The van der Waals surface area contributed by atoms with Crippen LogP contribution in [-0.4, -0.2) is 9.78 Å². The minimum Gasteiger partial charge on any atom is -0.396 e. The number of aryl methyl sites for hydroxylation is 1. The lowest BCUT2D eigenvalue weighted by Crippen LogP contribution is -2.15. The molecule has 0 amide bonds. The quantitative estimate of drug-likeness (QED) is 0.813. The highest BCUT2D eigenvalue weighted by atomic mass is 35.5. The molecule has 23 heavy (non-hydrogen) atoms. The molecule has 2 rings (SSSR count). The number of alkyl halides is 6. The number of halogens is 7. The van der Waals surface area contributed by atoms with Crippen molar-refractivity contribution in [2.75, 3.05) is 5.73 Å². The number of aromatic nitrogens is 2. The fourth-order valence-electron chi connectivity index (χ4n) is 1.94. The minimum absolute atomic E-state index is 0. The van der Waals surface area contributed by atoms with Crippen LogP contribution in [-0.2, 0) is 18.9 Å². The SMILES string of the molecule is Cc1nn(Cc2ccc(C(F)(F)F)cc2C(F)(F)F)cc1N.Cl. The van der Waals surface area contributed by atoms with Crippen LogP contribution in [0.5, 0.6) is 0 Å². The maximum absolute atomic E-state index is 13.0. The van der Waals surface area contributed by atoms with Gasteiger partial charge >= 0.3 is 12.4 Å². The molecule has 0 saturated carbocycles. The van der Waals surface area contributed by atoms with Gasteiger partial charge in [0.1, 0.15) is 0 Å². The molecule has 2 aromatic rings. The van der Waals surface area contributed by atoms with E-state index < -0.39 is 23.5 Å². The lowest BCUT2D eigenvalue weighted by molar-refractivity contribution is -0.143. The molecule has 0 aliphatic carbocycles. The number of rotatable bonds is 2. The monoisotopic (exact) mass is 359 g/mol. The van der Waals surface area contributed by atoms with Gasteiger partial charge in [-0.05, 0) is 24.6 Å². The first kappa shape index (κ1) is 19.1. The molecule has 128 valence electrons. The Balaban J connectivity index is 0.00000264. The zero-order chi connectivity index (χ0) is 16.7. The van der Waals surface area contributed by atoms with Crippen molar-refractivity contribution in [3.05, 3.63) is 46.8 Å². The number of nitrogen functional groups attached to an aromatic ring is 1. The Morgan fingerprint density at radius 2 is 1.70 bits per heavy atom. The molecule has 1 aromatic heterocycles. The molecule has 0 radical (unpaired) electrons. The first-order valence-corrected chi connectivity index (χ1v) is 6.05. The molecular weight excluding hydrogens is 348 g/mol. The highest BCUT2D eigenvalue weighted by Gasteiger charge is 2.38. The average Bonchev–Trinajstić information content (AvgIpc) is 2.66. The van der Waals surface area contributed by atoms with Gasteiger partial charge in [-0.15, -0.1) is 12.4 Å². The van der Waals surface area contributed by atoms with Crippen molar-refractivity contribution in [1.82, 2.24) is 9.78 Å². The Bertz CT molecular complexity index is 670. The van der Waals surface area contributed by atoms with E-state index in [0.29, 0.717) is 17.4 Å². The molecule has 0 bridgehead atoms. The molecule has 0 aliphatic rings. The molecular formula is C13H12ClF6N3. The van der Waals surface area contributed by atoms with Crippen molar-refractivity contribution in [2.24, 2.45) is 0 Å². The predicted octanol–water partition coefficient (Wildman–Crippen LogP) is 4.28. The normalized spacial score (nSPS) is 12.1. The number of hydrogen-bond donors (Lipinski definition) is 1. The predicted molar refractivity (Wildman–Crippen MR) is 74.2 cm³/mol. The molecule has 0 saturated heterocycles. The van der Waals surface area contributed by atoms with Crippen LogP contribution in [0, 0.1) is 6.92 Å². The fourth-order valence-corrected chi connectivity index (χ4v) is 1.94. The third-order valence-corrected chi connectivity index (χ3v) is 3.06. The van der Waals surface area contributed by atoms with E-state index in [1.165, 1.54) is 6.20 Å². The Hall–Kier alpha value is -1.90. The molecule has 0 atom stereocenters. The standard InChI is InChI=1S/C13H11F6N3.ClH/c1-7-11(20)6-22(21-7)5-8-2-3-9(12(14,15)16)4-10(8)13(17,18)19;/h2-4,6H,5,20H2,1H3;1H. The third-order valence-electron chi connectivity index (χ3n) is 3.06. The first-order chi connectivity index (χ1) is 9.98. The van der Waals surface area contributed by atoms with Crippen molar-refractivity contribution >= 4 is 18.1 Å². The van der Waals surface area contributed by atoms with Crippen LogP contribution in [0.25, 0.3) is 0 Å². The molecule has 10 heteroatoms. The van der Waals surface area contributed by atoms with Crippen LogP contribution in [0.1, 0.15) is 22.4 Å². The minimum atomic E-state index is -4.90. The van der Waals surface area contributed by atoms with Crippen LogP contribution < -0.4 is 5.73 Å². The summed E-state index contributed by atoms with van der Waals surface area (Å²) in [6, 6.07) is 1.53. The maximum atomic E-state index is 13.0. The molecule has 0 aliphatic heterocycles. The summed E-state index contributed by atoms with van der Waals surface area (Å²) >= 11 is 0. The Labute approximate surface area is 133 Å². The van der Waals surface area contributed by atoms with Crippen molar-refractivity contribution in [3.63, 3.8) is 0 Å². The van der Waals surface area contributed by atoms with Crippen LogP contribution in [0.2, 0.25) is 0 Å². The van der Waals surface area contributed by atoms with Crippen molar-refractivity contribution in [3.8, 4) is 0 Å². The van der Waals surface area contributed by atoms with Crippen molar-refractivity contribution in [1.29, 1.82) is 0 Å². The number of hydrogen-bond acceptors (Lipinski definition) is 2. The number of nitrogens with zero attached hydrogens (tertiary/aromatic N) is 2. The van der Waals surface area contributed by atoms with Crippen LogP contribution in [0.15, 0.2) is 24.4 Å². The van der Waals surface area contributed by atoms with Crippen LogP contribution in [0.4, 0.5) is 32.0 Å². The summed E-state index contributed by atoms with van der Waals surface area (Å²) in [6.07, 6.45) is -8.41. The second-order valence-corrected chi connectivity index (χ2v) is 4.73. The van der Waals surface area contributed by atoms with E-state index in [2.05, 4.69) is 5.10 Å². The van der Waals surface area contributed by atoms with E-state index in [0.717, 1.165) is 10.7 Å². The molecule has 2 N–H and O–H groups in total. The summed E-state index contributed by atoms with van der Waals surface area (Å²) in [4.78, 5) is 0. The van der Waals surface area contributed by atoms with Gasteiger partial charge in [0.05, 0.1) is 29.1 Å². The molecule has 3 nitrogen and oxygen atoms in total. The summed E-state index contributed by atoms with van der Waals surface area (Å²) in [7, 11) is 0. The molecule has 0 spiro atoms. The van der Waals surface area contributed by atoms with Gasteiger partial charge in [0.2, 0.25) is 0 Å². The van der Waals surface area contributed by atoms with E-state index in [1.807, 2.05) is 0 Å². The van der Waals surface area contributed by atoms with E-state index in [4.69, 9.17) is 5.73 Å². The van der Waals surface area contributed by atoms with Crippen LogP contribution in [0.3, 0.4) is 0 Å². The van der Waals surface area contributed by atoms with E-state index in [9.17, 15) is 26.3 Å². The van der Waals surface area contributed by atoms with Gasteiger partial charge in [0.25, 0.3) is 0 Å². The van der Waals surface area contributed by atoms with Gasteiger partial charge in [-0.3, -0.25) is 4.68 Å². The molecule has 1 heterocycles. The van der Waals surface area contributed by atoms with Gasteiger partial charge in [-0.25, -0.2) is 0 Å². The number of nitrogens with two attached hydrogens (primary N) is 1. The maximum Gasteiger partial charge on any atom is 0.416 e. The smallest absolute Gasteiger partial charge is 0.396 e. The number of benzene rings is 1. The fraction of sp³-hybridized carbons (Fsp3) is 0.308. The van der Waals surface area contributed by atoms with E-state index >= 15 is 0 Å². The van der Waals surface area contributed by atoms with Gasteiger partial charge in [-0.1, -0.05) is 6.07 Å². The zero-order valence-electron chi connectivity index (χ0n) is 11.7. The highest BCUT2D eigenvalue weighted by molar-refractivity contribution is 5.85. The van der Waals surface area contributed by atoms with Crippen molar-refractivity contribution in [2.45, 2.75) is 25.8 Å². The molecule has 0 fully saturated rings. The third kappa shape index (κ3) is 4.31. The van der Waals surface area contributed by atoms with Gasteiger partial charge in [-0.2, -0.15) is 31.4 Å².